The highest BCUT2D eigenvalue weighted by atomic mass is 15.1. The van der Waals surface area contributed by atoms with Crippen molar-refractivity contribution in [1.82, 2.24) is 4.90 Å². The van der Waals surface area contributed by atoms with Gasteiger partial charge in [0.15, 0.2) is 0 Å². The van der Waals surface area contributed by atoms with E-state index in [1.165, 1.54) is 16.7 Å². The molecule has 0 saturated carbocycles. The lowest BCUT2D eigenvalue weighted by Gasteiger charge is -2.22. The Kier molecular flexibility index (Phi) is 6.05. The SMILES string of the molecule is Cc1ccc(C)c(CCN(C)CC(C#N)C(C)C)c1. The van der Waals surface area contributed by atoms with E-state index in [1.54, 1.807) is 0 Å². The summed E-state index contributed by atoms with van der Waals surface area (Å²) in [5.41, 5.74) is 4.10. The van der Waals surface area contributed by atoms with E-state index in [0.29, 0.717) is 5.92 Å². The predicted octanol–water partition coefficient (Wildman–Crippen LogP) is 3.57. The fourth-order valence-corrected chi connectivity index (χ4v) is 2.21. The monoisotopic (exact) mass is 258 g/mol. The fraction of sp³-hybridized carbons (Fsp3) is 0.588. The van der Waals surface area contributed by atoms with Crippen LogP contribution in [0.4, 0.5) is 0 Å². The zero-order valence-electron chi connectivity index (χ0n) is 12.9. The highest BCUT2D eigenvalue weighted by molar-refractivity contribution is 5.30. The number of hydrogen-bond donors (Lipinski definition) is 0. The third kappa shape index (κ3) is 5.04. The number of rotatable bonds is 6. The van der Waals surface area contributed by atoms with Gasteiger partial charge in [0.25, 0.3) is 0 Å². The van der Waals surface area contributed by atoms with Crippen molar-refractivity contribution < 1.29 is 0 Å². The summed E-state index contributed by atoms with van der Waals surface area (Å²) in [5, 5.41) is 9.13. The topological polar surface area (TPSA) is 27.0 Å². The quantitative estimate of drug-likeness (QED) is 0.780. The fourth-order valence-electron chi connectivity index (χ4n) is 2.21. The number of nitriles is 1. The van der Waals surface area contributed by atoms with Crippen LogP contribution < -0.4 is 0 Å². The largest absolute Gasteiger partial charge is 0.305 e. The van der Waals surface area contributed by atoms with Gasteiger partial charge >= 0.3 is 0 Å². The van der Waals surface area contributed by atoms with Gasteiger partial charge in [-0.2, -0.15) is 5.26 Å². The molecule has 0 aliphatic heterocycles. The molecule has 1 rings (SSSR count). The van der Waals surface area contributed by atoms with Gasteiger partial charge in [0.2, 0.25) is 0 Å². The van der Waals surface area contributed by atoms with Crippen LogP contribution in [-0.2, 0) is 6.42 Å². The molecule has 0 radical (unpaired) electrons. The van der Waals surface area contributed by atoms with Gasteiger partial charge in [0, 0.05) is 13.1 Å². The van der Waals surface area contributed by atoms with E-state index in [4.69, 9.17) is 5.26 Å². The van der Waals surface area contributed by atoms with Crippen molar-refractivity contribution in [3.63, 3.8) is 0 Å². The van der Waals surface area contributed by atoms with Crippen LogP contribution in [0.2, 0.25) is 0 Å². The molecule has 1 aromatic carbocycles. The number of aryl methyl sites for hydroxylation is 2. The highest BCUT2D eigenvalue weighted by Gasteiger charge is 2.14. The number of benzene rings is 1. The molecule has 0 spiro atoms. The van der Waals surface area contributed by atoms with Crippen LogP contribution in [0.15, 0.2) is 18.2 Å². The maximum Gasteiger partial charge on any atom is 0.0671 e. The van der Waals surface area contributed by atoms with E-state index in [9.17, 15) is 0 Å². The maximum atomic E-state index is 9.13. The van der Waals surface area contributed by atoms with Gasteiger partial charge in [-0.1, -0.05) is 37.6 Å². The molecule has 1 aromatic rings. The summed E-state index contributed by atoms with van der Waals surface area (Å²) in [7, 11) is 2.11. The smallest absolute Gasteiger partial charge is 0.0671 e. The summed E-state index contributed by atoms with van der Waals surface area (Å²) >= 11 is 0. The van der Waals surface area contributed by atoms with Gasteiger partial charge in [-0.15, -0.1) is 0 Å². The van der Waals surface area contributed by atoms with Crippen LogP contribution in [0.1, 0.15) is 30.5 Å². The molecule has 0 fully saturated rings. The Labute approximate surface area is 118 Å². The number of nitrogens with zero attached hydrogens (tertiary/aromatic N) is 2. The minimum absolute atomic E-state index is 0.128. The summed E-state index contributed by atoms with van der Waals surface area (Å²) in [5.74, 6) is 0.553. The van der Waals surface area contributed by atoms with Crippen molar-refractivity contribution in [2.24, 2.45) is 11.8 Å². The molecule has 2 heteroatoms. The van der Waals surface area contributed by atoms with Gasteiger partial charge in [-0.3, -0.25) is 0 Å². The average Bonchev–Trinajstić information content (AvgIpc) is 2.36. The predicted molar refractivity (Wildman–Crippen MR) is 81.1 cm³/mol. The highest BCUT2D eigenvalue weighted by Crippen LogP contribution is 2.14. The Bertz CT molecular complexity index is 443. The number of likely N-dealkylation sites (N-methyl/N-ethyl adjacent to an activating group) is 1. The Morgan fingerprint density at radius 3 is 2.53 bits per heavy atom. The Balaban J connectivity index is 2.52. The zero-order chi connectivity index (χ0) is 14.4. The summed E-state index contributed by atoms with van der Waals surface area (Å²) in [6.45, 7) is 10.4. The molecule has 104 valence electrons. The minimum atomic E-state index is 0.128. The van der Waals surface area contributed by atoms with E-state index in [0.717, 1.165) is 19.5 Å². The molecule has 0 amide bonds. The summed E-state index contributed by atoms with van der Waals surface area (Å²) in [6.07, 6.45) is 1.06. The zero-order valence-corrected chi connectivity index (χ0v) is 12.9. The second-order valence-electron chi connectivity index (χ2n) is 5.92. The van der Waals surface area contributed by atoms with Crippen molar-refractivity contribution in [3.05, 3.63) is 34.9 Å². The molecule has 0 bridgehead atoms. The molecule has 1 atom stereocenters. The van der Waals surface area contributed by atoms with E-state index in [-0.39, 0.29) is 5.92 Å². The van der Waals surface area contributed by atoms with Gasteiger partial charge in [0.1, 0.15) is 0 Å². The molecule has 0 heterocycles. The molecule has 0 aliphatic carbocycles. The summed E-state index contributed by atoms with van der Waals surface area (Å²) < 4.78 is 0. The molecule has 19 heavy (non-hydrogen) atoms. The average molecular weight is 258 g/mol. The first-order valence-corrected chi connectivity index (χ1v) is 7.08. The minimum Gasteiger partial charge on any atom is -0.305 e. The molecule has 0 aliphatic rings. The van der Waals surface area contributed by atoms with Crippen molar-refractivity contribution in [1.29, 1.82) is 5.26 Å². The molecule has 1 unspecified atom stereocenters. The van der Waals surface area contributed by atoms with E-state index >= 15 is 0 Å². The van der Waals surface area contributed by atoms with Crippen LogP contribution in [-0.4, -0.2) is 25.0 Å². The Hall–Kier alpha value is -1.33. The van der Waals surface area contributed by atoms with Crippen molar-refractivity contribution in [2.75, 3.05) is 20.1 Å². The van der Waals surface area contributed by atoms with Crippen molar-refractivity contribution in [3.8, 4) is 6.07 Å². The normalized spacial score (nSPS) is 12.7. The maximum absolute atomic E-state index is 9.13. The molecule has 2 nitrogen and oxygen atoms in total. The van der Waals surface area contributed by atoms with Crippen molar-refractivity contribution in [2.45, 2.75) is 34.1 Å². The summed E-state index contributed by atoms with van der Waals surface area (Å²) in [4.78, 5) is 2.27. The number of hydrogen-bond acceptors (Lipinski definition) is 2. The first-order valence-electron chi connectivity index (χ1n) is 7.08. The van der Waals surface area contributed by atoms with Crippen LogP contribution >= 0.6 is 0 Å². The van der Waals surface area contributed by atoms with Crippen LogP contribution in [0, 0.1) is 37.0 Å². The van der Waals surface area contributed by atoms with Crippen LogP contribution in [0.3, 0.4) is 0 Å². The lowest BCUT2D eigenvalue weighted by atomic mass is 9.97. The van der Waals surface area contributed by atoms with Gasteiger partial charge in [-0.05, 0) is 44.4 Å². The van der Waals surface area contributed by atoms with Gasteiger partial charge in [0.05, 0.1) is 12.0 Å². The molecule has 0 N–H and O–H groups in total. The van der Waals surface area contributed by atoms with Gasteiger partial charge < -0.3 is 4.90 Å². The molecule has 0 aromatic heterocycles. The summed E-state index contributed by atoms with van der Waals surface area (Å²) in [6, 6.07) is 9.03. The van der Waals surface area contributed by atoms with Gasteiger partial charge in [-0.25, -0.2) is 0 Å². The second kappa shape index (κ2) is 7.31. The van der Waals surface area contributed by atoms with Crippen LogP contribution in [0.25, 0.3) is 0 Å². The lowest BCUT2D eigenvalue weighted by Crippen LogP contribution is -2.29. The Morgan fingerprint density at radius 1 is 1.26 bits per heavy atom. The van der Waals surface area contributed by atoms with Crippen LogP contribution in [0.5, 0.6) is 0 Å². The second-order valence-corrected chi connectivity index (χ2v) is 5.92. The first-order chi connectivity index (χ1) is 8.93. The molecular formula is C17H26N2. The first kappa shape index (κ1) is 15.7. The molecular weight excluding hydrogens is 232 g/mol. The third-order valence-corrected chi connectivity index (χ3v) is 3.75. The van der Waals surface area contributed by atoms with E-state index in [1.807, 2.05) is 0 Å². The van der Waals surface area contributed by atoms with Crippen molar-refractivity contribution >= 4 is 0 Å². The standard InChI is InChI=1S/C17H26N2/c1-13(2)17(11-18)12-19(5)9-8-16-10-14(3)6-7-15(16)4/h6-7,10,13,17H,8-9,12H2,1-5H3. The third-order valence-electron chi connectivity index (χ3n) is 3.75. The van der Waals surface area contributed by atoms with E-state index < -0.39 is 0 Å². The Morgan fingerprint density at radius 2 is 1.95 bits per heavy atom. The molecule has 0 saturated heterocycles. The lowest BCUT2D eigenvalue weighted by molar-refractivity contribution is 0.274. The van der Waals surface area contributed by atoms with E-state index in [2.05, 4.69) is 63.9 Å².